The summed E-state index contributed by atoms with van der Waals surface area (Å²) in [6.07, 6.45) is 6.44. The lowest BCUT2D eigenvalue weighted by Gasteiger charge is -2.14. The third-order valence-electron chi connectivity index (χ3n) is 9.27. The second-order valence-electron chi connectivity index (χ2n) is 11.6. The zero-order valence-electron chi connectivity index (χ0n) is 22.8. The van der Waals surface area contributed by atoms with Gasteiger partial charge in [0, 0.05) is 33.7 Å². The molecule has 2 nitrogen and oxygen atoms in total. The molecule has 0 aliphatic heterocycles. The first kappa shape index (κ1) is 22.4. The van der Waals surface area contributed by atoms with Gasteiger partial charge in [-0.15, -0.1) is 0 Å². The number of para-hydroxylation sites is 1. The Morgan fingerprint density at radius 2 is 1.19 bits per heavy atom. The highest BCUT2D eigenvalue weighted by molar-refractivity contribution is 6.25. The molecule has 0 unspecified atom stereocenters. The number of fused-ring (bicyclic) bond motifs is 6. The van der Waals surface area contributed by atoms with Gasteiger partial charge in [-0.3, -0.25) is 0 Å². The minimum atomic E-state index is 0.898. The van der Waals surface area contributed by atoms with E-state index < -0.39 is 0 Å². The van der Waals surface area contributed by atoms with Crippen LogP contribution >= 0.6 is 0 Å². The Morgan fingerprint density at radius 3 is 2.00 bits per heavy atom. The molecular weight excluding hydrogens is 512 g/mol. The van der Waals surface area contributed by atoms with Crippen LogP contribution in [-0.2, 0) is 6.42 Å². The molecule has 0 N–H and O–H groups in total. The summed E-state index contributed by atoms with van der Waals surface area (Å²) in [4.78, 5) is 0. The van der Waals surface area contributed by atoms with Crippen molar-refractivity contribution in [1.29, 1.82) is 0 Å². The molecule has 0 saturated heterocycles. The van der Waals surface area contributed by atoms with Crippen molar-refractivity contribution >= 4 is 71.3 Å². The van der Waals surface area contributed by atoms with Crippen LogP contribution in [0, 0.1) is 0 Å². The molecule has 0 bridgehead atoms. The SMILES string of the molecule is C1=Cc2c(oc3c(-c4ccc5oc6ccc(-c7ccc8ccc9cccc%10ccc7c8c9%10)cc6c5c4)cccc23)CC1. The Kier molecular flexibility index (Phi) is 4.32. The van der Waals surface area contributed by atoms with Gasteiger partial charge in [0.05, 0.1) is 0 Å². The molecule has 0 spiro atoms. The quantitative estimate of drug-likeness (QED) is 0.205. The van der Waals surface area contributed by atoms with E-state index in [1.807, 2.05) is 0 Å². The van der Waals surface area contributed by atoms with E-state index in [-0.39, 0.29) is 0 Å². The highest BCUT2D eigenvalue weighted by atomic mass is 16.3. The van der Waals surface area contributed by atoms with Crippen molar-refractivity contribution in [2.75, 3.05) is 0 Å². The summed E-state index contributed by atoms with van der Waals surface area (Å²) in [5.41, 5.74) is 8.69. The van der Waals surface area contributed by atoms with Crippen LogP contribution in [0.25, 0.3) is 93.6 Å². The molecule has 42 heavy (non-hydrogen) atoms. The Hall–Kier alpha value is -5.34. The summed E-state index contributed by atoms with van der Waals surface area (Å²) in [6, 6.07) is 39.7. The van der Waals surface area contributed by atoms with Gasteiger partial charge < -0.3 is 8.83 Å². The van der Waals surface area contributed by atoms with Crippen molar-refractivity contribution in [3.05, 3.63) is 127 Å². The molecule has 0 radical (unpaired) electrons. The third-order valence-corrected chi connectivity index (χ3v) is 9.27. The smallest absolute Gasteiger partial charge is 0.142 e. The molecular formula is C40H24O2. The molecule has 10 rings (SSSR count). The topological polar surface area (TPSA) is 26.3 Å². The second-order valence-corrected chi connectivity index (χ2v) is 11.6. The fraction of sp³-hybridized carbons (Fsp3) is 0.0500. The van der Waals surface area contributed by atoms with Crippen molar-refractivity contribution in [3.8, 4) is 22.3 Å². The van der Waals surface area contributed by atoms with E-state index >= 15 is 0 Å². The molecule has 0 amide bonds. The summed E-state index contributed by atoms with van der Waals surface area (Å²) in [7, 11) is 0. The van der Waals surface area contributed by atoms with E-state index in [0.29, 0.717) is 0 Å². The first-order chi connectivity index (χ1) is 20.8. The maximum Gasteiger partial charge on any atom is 0.142 e. The normalized spacial score (nSPS) is 13.4. The second kappa shape index (κ2) is 8.11. The molecule has 2 aromatic heterocycles. The summed E-state index contributed by atoms with van der Waals surface area (Å²) in [6.45, 7) is 0. The minimum Gasteiger partial charge on any atom is -0.460 e. The van der Waals surface area contributed by atoms with Crippen molar-refractivity contribution in [2.24, 2.45) is 0 Å². The van der Waals surface area contributed by atoms with Crippen molar-refractivity contribution in [2.45, 2.75) is 12.8 Å². The van der Waals surface area contributed by atoms with Crippen LogP contribution in [0.15, 0.2) is 124 Å². The Bertz CT molecular complexity index is 2560. The molecule has 1 aliphatic rings. The molecule has 2 heteroatoms. The van der Waals surface area contributed by atoms with E-state index in [1.165, 1.54) is 54.4 Å². The van der Waals surface area contributed by atoms with Crippen LogP contribution in [0.2, 0.25) is 0 Å². The van der Waals surface area contributed by atoms with Gasteiger partial charge in [-0.05, 0) is 79.7 Å². The number of hydrogen-bond donors (Lipinski definition) is 0. The van der Waals surface area contributed by atoms with Crippen LogP contribution in [0.1, 0.15) is 17.7 Å². The van der Waals surface area contributed by atoms with Crippen LogP contribution < -0.4 is 0 Å². The van der Waals surface area contributed by atoms with Crippen LogP contribution in [0.4, 0.5) is 0 Å². The van der Waals surface area contributed by atoms with Crippen LogP contribution in [-0.4, -0.2) is 0 Å². The maximum absolute atomic E-state index is 6.45. The highest BCUT2D eigenvalue weighted by Gasteiger charge is 2.19. The molecule has 196 valence electrons. The van der Waals surface area contributed by atoms with Gasteiger partial charge in [-0.25, -0.2) is 0 Å². The van der Waals surface area contributed by atoms with E-state index in [0.717, 1.165) is 57.3 Å². The third kappa shape index (κ3) is 2.99. The van der Waals surface area contributed by atoms with Gasteiger partial charge >= 0.3 is 0 Å². The fourth-order valence-electron chi connectivity index (χ4n) is 7.30. The standard InChI is InChI=1S/C40H24O2/c1-2-10-35-30(7-1)32-9-4-8-29(40(32)42-35)27-16-20-37-34(22-27)33-21-26(15-19-36(33)41-37)28-17-13-25-12-11-23-5-3-6-24-14-18-31(28)39(25)38(23)24/h1,3-9,11-22H,2,10H2. The van der Waals surface area contributed by atoms with E-state index in [1.54, 1.807) is 0 Å². The predicted octanol–water partition coefficient (Wildman–Crippen LogP) is 11.5. The lowest BCUT2D eigenvalue weighted by atomic mass is 9.89. The number of allylic oxidation sites excluding steroid dienone is 1. The molecule has 0 saturated carbocycles. The molecule has 2 heterocycles. The van der Waals surface area contributed by atoms with Crippen molar-refractivity contribution in [1.82, 2.24) is 0 Å². The molecule has 0 fully saturated rings. The first-order valence-electron chi connectivity index (χ1n) is 14.6. The monoisotopic (exact) mass is 536 g/mol. The average molecular weight is 537 g/mol. The largest absolute Gasteiger partial charge is 0.460 e. The van der Waals surface area contributed by atoms with E-state index in [2.05, 4.69) is 121 Å². The fourth-order valence-corrected chi connectivity index (χ4v) is 7.30. The van der Waals surface area contributed by atoms with Gasteiger partial charge in [0.25, 0.3) is 0 Å². The number of aryl methyl sites for hydroxylation is 1. The summed E-state index contributed by atoms with van der Waals surface area (Å²) >= 11 is 0. The van der Waals surface area contributed by atoms with Gasteiger partial charge in [-0.2, -0.15) is 0 Å². The van der Waals surface area contributed by atoms with Gasteiger partial charge in [0.15, 0.2) is 0 Å². The van der Waals surface area contributed by atoms with Gasteiger partial charge in [0.1, 0.15) is 22.5 Å². The zero-order valence-corrected chi connectivity index (χ0v) is 22.8. The zero-order chi connectivity index (χ0) is 27.4. The number of rotatable bonds is 2. The van der Waals surface area contributed by atoms with Gasteiger partial charge in [-0.1, -0.05) is 97.1 Å². The summed E-state index contributed by atoms with van der Waals surface area (Å²) < 4.78 is 12.8. The number of benzene rings is 7. The van der Waals surface area contributed by atoms with Crippen LogP contribution in [0.3, 0.4) is 0 Å². The van der Waals surface area contributed by atoms with E-state index in [4.69, 9.17) is 8.83 Å². The number of hydrogen-bond acceptors (Lipinski definition) is 2. The number of furan rings is 2. The van der Waals surface area contributed by atoms with Gasteiger partial charge in [0.2, 0.25) is 0 Å². The minimum absolute atomic E-state index is 0.898. The summed E-state index contributed by atoms with van der Waals surface area (Å²) in [5, 5.41) is 11.3. The Morgan fingerprint density at radius 1 is 0.500 bits per heavy atom. The lowest BCUT2D eigenvalue weighted by molar-refractivity contribution is 0.547. The molecule has 1 aliphatic carbocycles. The lowest BCUT2D eigenvalue weighted by Crippen LogP contribution is -1.87. The Labute approximate surface area is 241 Å². The maximum atomic E-state index is 6.45. The summed E-state index contributed by atoms with van der Waals surface area (Å²) in [5.74, 6) is 1.09. The Balaban J connectivity index is 1.18. The van der Waals surface area contributed by atoms with Crippen molar-refractivity contribution in [3.63, 3.8) is 0 Å². The average Bonchev–Trinajstić information content (AvgIpc) is 3.61. The molecule has 9 aromatic rings. The molecule has 7 aromatic carbocycles. The first-order valence-corrected chi connectivity index (χ1v) is 14.6. The van der Waals surface area contributed by atoms with Crippen LogP contribution in [0.5, 0.6) is 0 Å². The molecule has 0 atom stereocenters. The van der Waals surface area contributed by atoms with Crippen molar-refractivity contribution < 1.29 is 8.83 Å². The van der Waals surface area contributed by atoms with E-state index in [9.17, 15) is 0 Å². The highest BCUT2D eigenvalue weighted by Crippen LogP contribution is 2.42. The predicted molar refractivity (Wildman–Crippen MR) is 175 cm³/mol.